The molecule has 3 aromatic carbocycles. The van der Waals surface area contributed by atoms with Crippen LogP contribution in [-0.4, -0.2) is 28.5 Å². The van der Waals surface area contributed by atoms with Gasteiger partial charge in [-0.2, -0.15) is 0 Å². The van der Waals surface area contributed by atoms with Crippen LogP contribution < -0.4 is 10.1 Å². The summed E-state index contributed by atoms with van der Waals surface area (Å²) >= 11 is 5.14. The highest BCUT2D eigenvalue weighted by atomic mass is 127. The van der Waals surface area contributed by atoms with E-state index in [9.17, 15) is 18.8 Å². The van der Waals surface area contributed by atoms with E-state index >= 15 is 0 Å². The fourth-order valence-electron chi connectivity index (χ4n) is 3.46. The van der Waals surface area contributed by atoms with E-state index in [-0.39, 0.29) is 10.6 Å². The summed E-state index contributed by atoms with van der Waals surface area (Å²) in [5, 5.41) is 1.95. The van der Waals surface area contributed by atoms with E-state index < -0.39 is 29.4 Å². The third-order valence-corrected chi connectivity index (χ3v) is 7.58. The van der Waals surface area contributed by atoms with Crippen LogP contribution in [0.25, 0.3) is 6.08 Å². The maximum atomic E-state index is 13.3. The fourth-order valence-corrected chi connectivity index (χ4v) is 6.42. The van der Waals surface area contributed by atoms with E-state index in [1.54, 1.807) is 6.08 Å². The Morgan fingerprint density at radius 1 is 1.08 bits per heavy atom. The Morgan fingerprint density at radius 3 is 2.50 bits per heavy atom. The van der Waals surface area contributed by atoms with Gasteiger partial charge in [-0.15, -0.1) is 0 Å². The minimum absolute atomic E-state index is 0.221. The first-order chi connectivity index (χ1) is 17.2. The topological polar surface area (TPSA) is 75.7 Å². The van der Waals surface area contributed by atoms with Crippen LogP contribution in [0.1, 0.15) is 16.7 Å². The molecule has 6 nitrogen and oxygen atoms in total. The first-order valence-corrected chi connectivity index (χ1v) is 13.6. The lowest BCUT2D eigenvalue weighted by Crippen LogP contribution is -2.36. The van der Waals surface area contributed by atoms with Crippen molar-refractivity contribution in [3.05, 3.63) is 95.2 Å². The van der Waals surface area contributed by atoms with Crippen molar-refractivity contribution in [3.8, 4) is 5.75 Å². The molecule has 3 amide bonds. The van der Waals surface area contributed by atoms with Gasteiger partial charge in [-0.25, -0.2) is 4.39 Å². The molecule has 0 aliphatic carbocycles. The highest BCUT2D eigenvalue weighted by Gasteiger charge is 2.36. The lowest BCUT2D eigenvalue weighted by molar-refractivity contribution is -0.127. The molecule has 0 unspecified atom stereocenters. The van der Waals surface area contributed by atoms with Gasteiger partial charge in [-0.3, -0.25) is 19.3 Å². The summed E-state index contributed by atoms with van der Waals surface area (Å²) < 4.78 is 21.1. The summed E-state index contributed by atoms with van der Waals surface area (Å²) in [5.41, 5.74) is 3.22. The molecule has 0 aromatic heterocycles. The average molecular weight is 728 g/mol. The molecule has 1 aliphatic heterocycles. The number of ether oxygens (including phenoxy) is 1. The molecule has 36 heavy (non-hydrogen) atoms. The molecule has 1 saturated heterocycles. The van der Waals surface area contributed by atoms with Crippen LogP contribution in [-0.2, 0) is 16.2 Å². The number of hydrogen-bond donors (Lipinski definition) is 1. The van der Waals surface area contributed by atoms with Gasteiger partial charge in [0.1, 0.15) is 24.7 Å². The second-order valence-corrected chi connectivity index (χ2v) is 11.2. The average Bonchev–Trinajstić information content (AvgIpc) is 3.06. The van der Waals surface area contributed by atoms with Gasteiger partial charge in [0.15, 0.2) is 0 Å². The predicted octanol–water partition coefficient (Wildman–Crippen LogP) is 6.60. The van der Waals surface area contributed by atoms with Crippen molar-refractivity contribution >= 4 is 85.8 Å². The minimum atomic E-state index is -0.594. The maximum Gasteiger partial charge on any atom is 0.294 e. The zero-order valence-corrected chi connectivity index (χ0v) is 24.0. The Labute approximate surface area is 238 Å². The van der Waals surface area contributed by atoms with E-state index in [0.29, 0.717) is 6.61 Å². The predicted molar refractivity (Wildman–Crippen MR) is 155 cm³/mol. The van der Waals surface area contributed by atoms with Crippen LogP contribution in [0.15, 0.2) is 65.6 Å². The number of nitrogens with zero attached hydrogens (tertiary/aromatic N) is 1. The Bertz CT molecular complexity index is 1370. The number of rotatable bonds is 7. The molecule has 0 radical (unpaired) electrons. The number of benzene rings is 3. The summed E-state index contributed by atoms with van der Waals surface area (Å²) in [7, 11) is 0. The van der Waals surface area contributed by atoms with Crippen molar-refractivity contribution in [3.63, 3.8) is 0 Å². The maximum absolute atomic E-state index is 13.3. The van der Waals surface area contributed by atoms with Gasteiger partial charge in [0.05, 0.1) is 12.0 Å². The number of thioether (sulfide) groups is 1. The molecule has 10 heteroatoms. The number of halogens is 3. The van der Waals surface area contributed by atoms with E-state index in [1.165, 1.54) is 18.2 Å². The van der Waals surface area contributed by atoms with Crippen LogP contribution in [0.2, 0.25) is 0 Å². The molecule has 1 fully saturated rings. The Kier molecular flexibility index (Phi) is 8.67. The van der Waals surface area contributed by atoms with Crippen LogP contribution in [0.4, 0.5) is 14.9 Å². The normalized spacial score (nSPS) is 14.4. The van der Waals surface area contributed by atoms with Crippen molar-refractivity contribution in [1.29, 1.82) is 0 Å². The number of amides is 3. The van der Waals surface area contributed by atoms with Crippen LogP contribution in [0.5, 0.6) is 5.75 Å². The van der Waals surface area contributed by atoms with Crippen molar-refractivity contribution in [2.45, 2.75) is 13.5 Å². The smallest absolute Gasteiger partial charge is 0.294 e. The summed E-state index contributed by atoms with van der Waals surface area (Å²) in [4.78, 5) is 38.7. The molecule has 0 saturated carbocycles. The van der Waals surface area contributed by atoms with Gasteiger partial charge in [0.2, 0.25) is 5.91 Å². The molecular formula is C26H19FI2N2O4S. The van der Waals surface area contributed by atoms with Gasteiger partial charge in [-0.05, 0) is 111 Å². The summed E-state index contributed by atoms with van der Waals surface area (Å²) in [6.45, 7) is 2.01. The Hall–Kier alpha value is -2.45. The van der Waals surface area contributed by atoms with Gasteiger partial charge >= 0.3 is 0 Å². The number of carbonyl (C=O) groups excluding carboxylic acids is 3. The lowest BCUT2D eigenvalue weighted by atomic mass is 10.1. The number of nitrogens with one attached hydrogen (secondary N) is 1. The molecule has 1 heterocycles. The van der Waals surface area contributed by atoms with Crippen LogP contribution in [0.3, 0.4) is 0 Å². The molecule has 1 aliphatic rings. The van der Waals surface area contributed by atoms with Crippen molar-refractivity contribution in [2.75, 3.05) is 11.9 Å². The standard InChI is InChI=1S/C26H19FI2N2O4S/c1-15-4-2-5-16(8-15)14-35-24-20(28)9-17(10-21(24)29)11-22-25(33)31(26(34)36-22)13-23(32)30-19-7-3-6-18(27)12-19/h2-12H,13-14H2,1H3,(H,30,32)/b22-11+. The second kappa shape index (κ2) is 11.7. The van der Waals surface area contributed by atoms with Crippen LogP contribution in [0, 0.1) is 19.9 Å². The van der Waals surface area contributed by atoms with Gasteiger partial charge < -0.3 is 10.1 Å². The fraction of sp³-hybridized carbons (Fsp3) is 0.115. The third kappa shape index (κ3) is 6.65. The molecule has 0 atom stereocenters. The number of hydrogen-bond acceptors (Lipinski definition) is 5. The minimum Gasteiger partial charge on any atom is -0.487 e. The quantitative estimate of drug-likeness (QED) is 0.220. The molecule has 1 N–H and O–H groups in total. The molecule has 0 bridgehead atoms. The summed E-state index contributed by atoms with van der Waals surface area (Å²) in [6, 6.07) is 17.2. The molecule has 184 valence electrons. The van der Waals surface area contributed by atoms with Crippen molar-refractivity contribution in [1.82, 2.24) is 4.90 Å². The largest absolute Gasteiger partial charge is 0.487 e. The van der Waals surface area contributed by atoms with Crippen LogP contribution >= 0.6 is 56.9 Å². The van der Waals surface area contributed by atoms with Gasteiger partial charge in [0.25, 0.3) is 11.1 Å². The van der Waals surface area contributed by atoms with E-state index in [4.69, 9.17) is 4.74 Å². The number of imide groups is 1. The van der Waals surface area contributed by atoms with Gasteiger partial charge in [-0.1, -0.05) is 35.9 Å². The number of carbonyl (C=O) groups is 3. The highest BCUT2D eigenvalue weighted by molar-refractivity contribution is 14.1. The SMILES string of the molecule is Cc1cccc(COc2c(I)cc(/C=C3/SC(=O)N(CC(=O)Nc4cccc(F)c4)C3=O)cc2I)c1. The van der Waals surface area contributed by atoms with Gasteiger partial charge in [0, 0.05) is 5.69 Å². The van der Waals surface area contributed by atoms with E-state index in [0.717, 1.165) is 52.3 Å². The summed E-state index contributed by atoms with van der Waals surface area (Å²) in [5.74, 6) is -0.901. The Balaban J connectivity index is 1.44. The lowest BCUT2D eigenvalue weighted by Gasteiger charge is -2.13. The molecule has 4 rings (SSSR count). The number of aryl methyl sites for hydroxylation is 1. The van der Waals surface area contributed by atoms with E-state index in [2.05, 4.69) is 56.6 Å². The zero-order chi connectivity index (χ0) is 25.8. The monoisotopic (exact) mass is 728 g/mol. The first-order valence-electron chi connectivity index (χ1n) is 10.7. The number of anilines is 1. The van der Waals surface area contributed by atoms with E-state index in [1.807, 2.05) is 37.3 Å². The highest BCUT2D eigenvalue weighted by Crippen LogP contribution is 2.35. The molecule has 3 aromatic rings. The Morgan fingerprint density at radius 2 is 1.81 bits per heavy atom. The third-order valence-electron chi connectivity index (χ3n) is 5.07. The van der Waals surface area contributed by atoms with Crippen molar-refractivity contribution in [2.24, 2.45) is 0 Å². The zero-order valence-electron chi connectivity index (χ0n) is 18.9. The van der Waals surface area contributed by atoms with Crippen molar-refractivity contribution < 1.29 is 23.5 Å². The molecule has 0 spiro atoms. The summed E-state index contributed by atoms with van der Waals surface area (Å²) in [6.07, 6.45) is 1.63. The second-order valence-electron chi connectivity index (χ2n) is 7.92. The first kappa shape index (κ1) is 26.6. The molecular weight excluding hydrogens is 709 g/mol.